The number of para-hydroxylation sites is 1. The fraction of sp³-hybridized carbons (Fsp3) is 0.471. The van der Waals surface area contributed by atoms with Gasteiger partial charge in [-0.3, -0.25) is 4.79 Å². The second-order valence-electron chi connectivity index (χ2n) is 6.51. The van der Waals surface area contributed by atoms with Crippen molar-refractivity contribution in [2.75, 3.05) is 13.6 Å². The molecule has 0 aliphatic heterocycles. The molecule has 0 N–H and O–H groups in total. The summed E-state index contributed by atoms with van der Waals surface area (Å²) in [6.45, 7) is 6.64. The smallest absolute Gasteiger partial charge is 0.227 e. The normalized spacial score (nSPS) is 11.8. The van der Waals surface area contributed by atoms with Crippen LogP contribution in [0.4, 0.5) is 0 Å². The average Bonchev–Trinajstić information content (AvgIpc) is 2.71. The molecule has 0 spiro atoms. The van der Waals surface area contributed by atoms with Crippen LogP contribution in [0.1, 0.15) is 26.3 Å². The minimum atomic E-state index is -0.312. The molecule has 0 saturated heterocycles. The molecule has 3 nitrogen and oxygen atoms in total. The molecule has 0 atom stereocenters. The summed E-state index contributed by atoms with van der Waals surface area (Å²) in [5, 5.41) is 1.28. The minimum absolute atomic E-state index is 0.192. The fourth-order valence-electron chi connectivity index (χ4n) is 2.59. The number of benzene rings is 1. The van der Waals surface area contributed by atoms with Crippen molar-refractivity contribution in [2.45, 2.75) is 27.2 Å². The molecule has 0 unspecified atom stereocenters. The van der Waals surface area contributed by atoms with Gasteiger partial charge in [-0.05, 0) is 18.1 Å². The van der Waals surface area contributed by atoms with Gasteiger partial charge in [0.1, 0.15) is 0 Å². The number of carbonyl (C=O) groups is 1. The van der Waals surface area contributed by atoms with E-state index in [0.29, 0.717) is 0 Å². The number of carbonyl (C=O) groups excluding carboxylic acids is 1. The zero-order valence-electron chi connectivity index (χ0n) is 13.1. The molecular formula is C17H24N2O. The van der Waals surface area contributed by atoms with Crippen molar-refractivity contribution >= 4 is 16.8 Å². The zero-order chi connectivity index (χ0) is 14.9. The van der Waals surface area contributed by atoms with Crippen LogP contribution in [0.3, 0.4) is 0 Å². The minimum Gasteiger partial charge on any atom is -0.350 e. The number of hydrogen-bond acceptors (Lipinski definition) is 1. The summed E-state index contributed by atoms with van der Waals surface area (Å²) in [6, 6.07) is 8.40. The van der Waals surface area contributed by atoms with Crippen LogP contribution in [0.25, 0.3) is 10.9 Å². The maximum absolute atomic E-state index is 12.2. The number of amides is 1. The van der Waals surface area contributed by atoms with Gasteiger partial charge in [0.15, 0.2) is 0 Å². The van der Waals surface area contributed by atoms with E-state index in [-0.39, 0.29) is 11.3 Å². The molecule has 0 radical (unpaired) electrons. The number of rotatable bonds is 3. The number of aryl methyl sites for hydroxylation is 1. The quantitative estimate of drug-likeness (QED) is 0.842. The molecule has 0 aliphatic rings. The zero-order valence-corrected chi connectivity index (χ0v) is 13.1. The summed E-state index contributed by atoms with van der Waals surface area (Å²) in [6.07, 6.45) is 3.06. The first-order valence-electron chi connectivity index (χ1n) is 7.09. The van der Waals surface area contributed by atoms with Crippen molar-refractivity contribution < 1.29 is 4.79 Å². The van der Waals surface area contributed by atoms with Crippen molar-refractivity contribution in [3.05, 3.63) is 36.0 Å². The van der Waals surface area contributed by atoms with Crippen LogP contribution >= 0.6 is 0 Å². The van der Waals surface area contributed by atoms with Gasteiger partial charge in [0.25, 0.3) is 0 Å². The van der Waals surface area contributed by atoms with E-state index in [1.165, 1.54) is 16.5 Å². The highest BCUT2D eigenvalue weighted by Gasteiger charge is 2.24. The number of nitrogens with zero attached hydrogens (tertiary/aromatic N) is 2. The van der Waals surface area contributed by atoms with E-state index in [0.717, 1.165) is 13.0 Å². The van der Waals surface area contributed by atoms with Gasteiger partial charge in [0, 0.05) is 43.2 Å². The van der Waals surface area contributed by atoms with Crippen LogP contribution in [-0.2, 0) is 18.3 Å². The van der Waals surface area contributed by atoms with Crippen molar-refractivity contribution in [3.63, 3.8) is 0 Å². The Kier molecular flexibility index (Phi) is 3.89. The van der Waals surface area contributed by atoms with Gasteiger partial charge in [-0.1, -0.05) is 39.0 Å². The lowest BCUT2D eigenvalue weighted by atomic mass is 9.95. The Bertz CT molecular complexity index is 619. The average molecular weight is 272 g/mol. The molecule has 0 aliphatic carbocycles. The Balaban J connectivity index is 2.12. The molecule has 1 aromatic carbocycles. The van der Waals surface area contributed by atoms with E-state index >= 15 is 0 Å². The Morgan fingerprint density at radius 3 is 2.55 bits per heavy atom. The van der Waals surface area contributed by atoms with Gasteiger partial charge in [0.2, 0.25) is 5.91 Å². The summed E-state index contributed by atoms with van der Waals surface area (Å²) in [4.78, 5) is 14.0. The van der Waals surface area contributed by atoms with E-state index in [2.05, 4.69) is 42.1 Å². The van der Waals surface area contributed by atoms with Crippen molar-refractivity contribution in [1.29, 1.82) is 0 Å². The Labute approximate surface area is 121 Å². The molecule has 2 aromatic rings. The van der Waals surface area contributed by atoms with Gasteiger partial charge in [-0.25, -0.2) is 0 Å². The van der Waals surface area contributed by atoms with E-state index in [1.807, 2.05) is 32.7 Å². The maximum atomic E-state index is 12.2. The van der Waals surface area contributed by atoms with Gasteiger partial charge < -0.3 is 9.47 Å². The lowest BCUT2D eigenvalue weighted by molar-refractivity contribution is -0.138. The van der Waals surface area contributed by atoms with E-state index in [9.17, 15) is 4.79 Å². The van der Waals surface area contributed by atoms with Gasteiger partial charge >= 0.3 is 0 Å². The van der Waals surface area contributed by atoms with Gasteiger partial charge in [-0.2, -0.15) is 0 Å². The molecule has 1 heterocycles. The maximum Gasteiger partial charge on any atom is 0.227 e. The van der Waals surface area contributed by atoms with Crippen LogP contribution in [0.5, 0.6) is 0 Å². The van der Waals surface area contributed by atoms with Crippen LogP contribution in [-0.4, -0.2) is 29.0 Å². The number of hydrogen-bond donors (Lipinski definition) is 0. The third-order valence-electron chi connectivity index (χ3n) is 3.68. The molecule has 2 rings (SSSR count). The second kappa shape index (κ2) is 5.31. The van der Waals surface area contributed by atoms with Crippen LogP contribution in [0.15, 0.2) is 30.5 Å². The Hall–Kier alpha value is -1.77. The molecule has 1 aromatic heterocycles. The van der Waals surface area contributed by atoms with Crippen molar-refractivity contribution in [1.82, 2.24) is 9.47 Å². The monoisotopic (exact) mass is 272 g/mol. The summed E-state index contributed by atoms with van der Waals surface area (Å²) >= 11 is 0. The number of fused-ring (bicyclic) bond motifs is 1. The molecule has 3 heteroatoms. The van der Waals surface area contributed by atoms with E-state index in [4.69, 9.17) is 0 Å². The lowest BCUT2D eigenvalue weighted by Gasteiger charge is -2.25. The summed E-state index contributed by atoms with van der Waals surface area (Å²) in [7, 11) is 3.95. The van der Waals surface area contributed by atoms with E-state index < -0.39 is 0 Å². The van der Waals surface area contributed by atoms with E-state index in [1.54, 1.807) is 0 Å². The van der Waals surface area contributed by atoms with Gasteiger partial charge in [0.05, 0.1) is 0 Å². The summed E-state index contributed by atoms with van der Waals surface area (Å²) in [5.74, 6) is 0.192. The predicted octanol–water partition coefficient (Wildman–Crippen LogP) is 3.23. The third-order valence-corrected chi connectivity index (χ3v) is 3.68. The fourth-order valence-corrected chi connectivity index (χ4v) is 2.59. The second-order valence-corrected chi connectivity index (χ2v) is 6.51. The molecule has 20 heavy (non-hydrogen) atoms. The van der Waals surface area contributed by atoms with Gasteiger partial charge in [-0.15, -0.1) is 0 Å². The predicted molar refractivity (Wildman–Crippen MR) is 83.7 cm³/mol. The molecule has 0 bridgehead atoms. The topological polar surface area (TPSA) is 25.2 Å². The molecular weight excluding hydrogens is 248 g/mol. The lowest BCUT2D eigenvalue weighted by Crippen LogP contribution is -2.37. The first-order chi connectivity index (χ1) is 9.30. The molecule has 1 amide bonds. The van der Waals surface area contributed by atoms with Crippen LogP contribution < -0.4 is 0 Å². The standard InChI is InChI=1S/C17H24N2O/c1-17(2,3)16(20)18(4)11-10-13-12-19(5)15-9-7-6-8-14(13)15/h6-9,12H,10-11H2,1-5H3. The Morgan fingerprint density at radius 1 is 1.25 bits per heavy atom. The molecule has 0 fully saturated rings. The van der Waals surface area contributed by atoms with Crippen molar-refractivity contribution in [3.8, 4) is 0 Å². The first-order valence-corrected chi connectivity index (χ1v) is 7.09. The summed E-state index contributed by atoms with van der Waals surface area (Å²) in [5.41, 5.74) is 2.23. The molecule has 0 saturated carbocycles. The highest BCUT2D eigenvalue weighted by Crippen LogP contribution is 2.22. The Morgan fingerprint density at radius 2 is 1.90 bits per heavy atom. The van der Waals surface area contributed by atoms with Crippen LogP contribution in [0.2, 0.25) is 0 Å². The number of likely N-dealkylation sites (N-methyl/N-ethyl adjacent to an activating group) is 1. The highest BCUT2D eigenvalue weighted by atomic mass is 16.2. The number of aromatic nitrogens is 1. The largest absolute Gasteiger partial charge is 0.350 e. The highest BCUT2D eigenvalue weighted by molar-refractivity contribution is 5.84. The van der Waals surface area contributed by atoms with Crippen molar-refractivity contribution in [2.24, 2.45) is 12.5 Å². The first kappa shape index (κ1) is 14.6. The SMILES string of the molecule is CN(CCc1cn(C)c2ccccc12)C(=O)C(C)(C)C. The summed E-state index contributed by atoms with van der Waals surface area (Å²) < 4.78 is 2.15. The molecule has 108 valence electrons. The van der Waals surface area contributed by atoms with Crippen LogP contribution in [0, 0.1) is 5.41 Å². The third kappa shape index (κ3) is 2.87.